The van der Waals surface area contributed by atoms with Crippen LogP contribution in [0.15, 0.2) is 48.5 Å². The van der Waals surface area contributed by atoms with Crippen LogP contribution in [0.1, 0.15) is 11.1 Å². The maximum atomic E-state index is 13.4. The van der Waals surface area contributed by atoms with Crippen molar-refractivity contribution in [3.05, 3.63) is 59.7 Å². The van der Waals surface area contributed by atoms with E-state index in [1.807, 2.05) is 38.1 Å². The number of halogens is 2. The molecule has 0 aliphatic rings. The fourth-order valence-electron chi connectivity index (χ4n) is 2.01. The zero-order valence-corrected chi connectivity index (χ0v) is 10.4. The van der Waals surface area contributed by atoms with E-state index in [0.29, 0.717) is 11.4 Å². The van der Waals surface area contributed by atoms with Gasteiger partial charge in [-0.25, -0.2) is 0 Å². The van der Waals surface area contributed by atoms with Gasteiger partial charge in [0.05, 0.1) is 0 Å². The zero-order valence-electron chi connectivity index (χ0n) is 10.4. The van der Waals surface area contributed by atoms with E-state index in [2.05, 4.69) is 0 Å². The van der Waals surface area contributed by atoms with Crippen molar-refractivity contribution < 1.29 is 8.78 Å². The molecule has 0 saturated heterocycles. The summed E-state index contributed by atoms with van der Waals surface area (Å²) in [5.74, 6) is 0. The van der Waals surface area contributed by atoms with Crippen LogP contribution < -0.4 is 4.90 Å². The Hall–Kier alpha value is -1.90. The molecule has 0 heterocycles. The van der Waals surface area contributed by atoms with Crippen molar-refractivity contribution in [3.63, 3.8) is 0 Å². The molecule has 0 N–H and O–H groups in total. The minimum absolute atomic E-state index is 0.543. The van der Waals surface area contributed by atoms with Crippen LogP contribution in [0.4, 0.5) is 20.2 Å². The molecule has 0 unspecified atom stereocenters. The fraction of sp³-hybridized carbons (Fsp3) is 0.200. The highest BCUT2D eigenvalue weighted by atomic mass is 19.3. The highest BCUT2D eigenvalue weighted by molar-refractivity contribution is 5.68. The van der Waals surface area contributed by atoms with E-state index < -0.39 is 6.55 Å². The molecular formula is C15H15F2N. The predicted molar refractivity (Wildman–Crippen MR) is 70.5 cm³/mol. The summed E-state index contributed by atoms with van der Waals surface area (Å²) >= 11 is 0. The van der Waals surface area contributed by atoms with E-state index >= 15 is 0 Å². The van der Waals surface area contributed by atoms with Gasteiger partial charge >= 0.3 is 6.55 Å². The van der Waals surface area contributed by atoms with Crippen molar-refractivity contribution in [2.45, 2.75) is 20.4 Å². The highest BCUT2D eigenvalue weighted by Crippen LogP contribution is 2.33. The number of nitrogens with zero attached hydrogens (tertiary/aromatic N) is 1. The second-order valence-corrected chi connectivity index (χ2v) is 4.22. The summed E-state index contributed by atoms with van der Waals surface area (Å²) in [6, 6.07) is 14.3. The summed E-state index contributed by atoms with van der Waals surface area (Å²) < 4.78 is 26.7. The van der Waals surface area contributed by atoms with Gasteiger partial charge in [0.2, 0.25) is 0 Å². The van der Waals surface area contributed by atoms with Crippen LogP contribution in [-0.2, 0) is 0 Å². The van der Waals surface area contributed by atoms with E-state index in [-0.39, 0.29) is 0 Å². The number of aryl methyl sites for hydroxylation is 2. The lowest BCUT2D eigenvalue weighted by Gasteiger charge is -2.26. The Morgan fingerprint density at radius 2 is 1.17 bits per heavy atom. The quantitative estimate of drug-likeness (QED) is 0.713. The molecule has 0 saturated carbocycles. The van der Waals surface area contributed by atoms with Crippen molar-refractivity contribution >= 4 is 11.4 Å². The molecule has 18 heavy (non-hydrogen) atoms. The van der Waals surface area contributed by atoms with Gasteiger partial charge in [0.25, 0.3) is 0 Å². The van der Waals surface area contributed by atoms with Crippen LogP contribution in [0.5, 0.6) is 0 Å². The van der Waals surface area contributed by atoms with E-state index in [9.17, 15) is 8.78 Å². The Labute approximate surface area is 106 Å². The van der Waals surface area contributed by atoms with Crippen molar-refractivity contribution in [2.75, 3.05) is 4.90 Å². The maximum Gasteiger partial charge on any atom is 0.319 e. The molecule has 2 rings (SSSR count). The minimum Gasteiger partial charge on any atom is -0.285 e. The van der Waals surface area contributed by atoms with Crippen molar-refractivity contribution in [3.8, 4) is 0 Å². The lowest BCUT2D eigenvalue weighted by atomic mass is 10.1. The first-order valence-electron chi connectivity index (χ1n) is 5.80. The first-order valence-corrected chi connectivity index (χ1v) is 5.80. The Balaban J connectivity index is 2.55. The van der Waals surface area contributed by atoms with Crippen LogP contribution in [0.2, 0.25) is 0 Å². The second-order valence-electron chi connectivity index (χ2n) is 4.22. The number of rotatable bonds is 3. The third kappa shape index (κ3) is 2.35. The Bertz CT molecular complexity index is 492. The van der Waals surface area contributed by atoms with Gasteiger partial charge in [0.15, 0.2) is 0 Å². The van der Waals surface area contributed by atoms with Crippen LogP contribution >= 0.6 is 0 Å². The Morgan fingerprint density at radius 3 is 1.50 bits per heavy atom. The highest BCUT2D eigenvalue weighted by Gasteiger charge is 2.21. The van der Waals surface area contributed by atoms with Crippen molar-refractivity contribution in [2.24, 2.45) is 0 Å². The monoisotopic (exact) mass is 247 g/mol. The lowest BCUT2D eigenvalue weighted by molar-refractivity contribution is 0.155. The van der Waals surface area contributed by atoms with Gasteiger partial charge in [0, 0.05) is 11.4 Å². The topological polar surface area (TPSA) is 3.24 Å². The molecule has 3 heteroatoms. The lowest BCUT2D eigenvalue weighted by Crippen LogP contribution is -2.24. The average Bonchev–Trinajstić information content (AvgIpc) is 2.34. The number of alkyl halides is 2. The fourth-order valence-corrected chi connectivity index (χ4v) is 2.01. The normalized spacial score (nSPS) is 10.7. The maximum absolute atomic E-state index is 13.4. The number of hydrogen-bond donors (Lipinski definition) is 0. The molecule has 2 aromatic rings. The second kappa shape index (κ2) is 5.17. The number of anilines is 2. The molecule has 0 fully saturated rings. The number of hydrogen-bond acceptors (Lipinski definition) is 1. The molecule has 0 aliphatic heterocycles. The summed E-state index contributed by atoms with van der Waals surface area (Å²) in [6.07, 6.45) is 0. The van der Waals surface area contributed by atoms with Gasteiger partial charge in [-0.1, -0.05) is 36.4 Å². The Morgan fingerprint density at radius 1 is 0.778 bits per heavy atom. The summed E-state index contributed by atoms with van der Waals surface area (Å²) in [5, 5.41) is 0. The van der Waals surface area contributed by atoms with Crippen LogP contribution in [0.3, 0.4) is 0 Å². The third-order valence-corrected chi connectivity index (χ3v) is 2.95. The largest absolute Gasteiger partial charge is 0.319 e. The molecular weight excluding hydrogens is 232 g/mol. The van der Waals surface area contributed by atoms with Gasteiger partial charge in [-0.05, 0) is 37.1 Å². The van der Waals surface area contributed by atoms with Gasteiger partial charge in [-0.2, -0.15) is 8.78 Å². The van der Waals surface area contributed by atoms with E-state index in [4.69, 9.17) is 0 Å². The van der Waals surface area contributed by atoms with Gasteiger partial charge < -0.3 is 0 Å². The minimum atomic E-state index is -2.56. The predicted octanol–water partition coefficient (Wildman–Crippen LogP) is 4.66. The first-order chi connectivity index (χ1) is 8.61. The Kier molecular flexibility index (Phi) is 3.60. The standard InChI is InChI=1S/C15H15F2N/c1-11-7-3-5-9-13(11)18(15(16)17)14-10-6-4-8-12(14)2/h3-10,15H,1-2H3. The number of benzene rings is 2. The SMILES string of the molecule is Cc1ccccc1N(c1ccccc1C)C(F)F. The van der Waals surface area contributed by atoms with Crippen molar-refractivity contribution in [1.82, 2.24) is 0 Å². The summed E-state index contributed by atoms with van der Waals surface area (Å²) in [7, 11) is 0. The third-order valence-electron chi connectivity index (χ3n) is 2.95. The molecule has 0 amide bonds. The molecule has 0 bridgehead atoms. The summed E-state index contributed by atoms with van der Waals surface area (Å²) in [5.41, 5.74) is 2.76. The molecule has 0 spiro atoms. The first kappa shape index (κ1) is 12.6. The molecule has 0 aliphatic carbocycles. The van der Waals surface area contributed by atoms with E-state index in [0.717, 1.165) is 16.0 Å². The molecule has 0 atom stereocenters. The molecule has 0 aromatic heterocycles. The van der Waals surface area contributed by atoms with Crippen LogP contribution in [-0.4, -0.2) is 6.55 Å². The summed E-state index contributed by atoms with van der Waals surface area (Å²) in [4.78, 5) is 1.07. The number of para-hydroxylation sites is 2. The smallest absolute Gasteiger partial charge is 0.285 e. The molecule has 2 aromatic carbocycles. The van der Waals surface area contributed by atoms with Crippen molar-refractivity contribution in [1.29, 1.82) is 0 Å². The average molecular weight is 247 g/mol. The van der Waals surface area contributed by atoms with E-state index in [1.54, 1.807) is 24.3 Å². The van der Waals surface area contributed by atoms with Crippen LogP contribution in [0.25, 0.3) is 0 Å². The zero-order chi connectivity index (χ0) is 13.1. The summed E-state index contributed by atoms with van der Waals surface area (Å²) in [6.45, 7) is 1.11. The van der Waals surface area contributed by atoms with Gasteiger partial charge in [0.1, 0.15) is 0 Å². The van der Waals surface area contributed by atoms with Crippen LogP contribution in [0, 0.1) is 13.8 Å². The van der Waals surface area contributed by atoms with Gasteiger partial charge in [-0.3, -0.25) is 4.90 Å². The molecule has 1 nitrogen and oxygen atoms in total. The van der Waals surface area contributed by atoms with E-state index in [1.165, 1.54) is 0 Å². The molecule has 0 radical (unpaired) electrons. The molecule has 94 valence electrons. The van der Waals surface area contributed by atoms with Gasteiger partial charge in [-0.15, -0.1) is 0 Å².